The summed E-state index contributed by atoms with van der Waals surface area (Å²) in [6.45, 7) is 4.76. The lowest BCUT2D eigenvalue weighted by molar-refractivity contribution is 0.661. The summed E-state index contributed by atoms with van der Waals surface area (Å²) in [6, 6.07) is 72.5. The third kappa shape index (κ3) is 4.63. The molecule has 57 heavy (non-hydrogen) atoms. The van der Waals surface area contributed by atoms with E-state index in [0.717, 1.165) is 0 Å². The monoisotopic (exact) mass is 725 g/mol. The predicted octanol–water partition coefficient (Wildman–Crippen LogP) is 14.7. The van der Waals surface area contributed by atoms with Crippen molar-refractivity contribution >= 4 is 32.6 Å². The third-order valence-electron chi connectivity index (χ3n) is 13.1. The van der Waals surface area contributed by atoms with E-state index in [4.69, 9.17) is 0 Å². The van der Waals surface area contributed by atoms with Gasteiger partial charge in [0.15, 0.2) is 0 Å². The third-order valence-corrected chi connectivity index (χ3v) is 13.1. The van der Waals surface area contributed by atoms with Gasteiger partial charge in [-0.25, -0.2) is 0 Å². The van der Waals surface area contributed by atoms with E-state index in [0.29, 0.717) is 0 Å². The first kappa shape index (κ1) is 32.3. The van der Waals surface area contributed by atoms with Crippen LogP contribution in [-0.4, -0.2) is 4.57 Å². The number of aromatic nitrogens is 1. The Morgan fingerprint density at radius 1 is 0.421 bits per heavy atom. The van der Waals surface area contributed by atoms with E-state index in [1.54, 1.807) is 0 Å². The Labute approximate surface area is 333 Å². The molecule has 1 heterocycles. The highest BCUT2D eigenvalue weighted by molar-refractivity contribution is 6.17. The van der Waals surface area contributed by atoms with Crippen molar-refractivity contribution in [3.8, 4) is 50.2 Å². The van der Waals surface area contributed by atoms with Crippen molar-refractivity contribution in [2.75, 3.05) is 0 Å². The fourth-order valence-corrected chi connectivity index (χ4v) is 10.4. The maximum atomic E-state index is 2.56. The summed E-state index contributed by atoms with van der Waals surface area (Å²) in [7, 11) is 0. The Morgan fingerprint density at radius 3 is 1.96 bits per heavy atom. The van der Waals surface area contributed by atoms with Crippen LogP contribution in [0.5, 0.6) is 0 Å². The van der Waals surface area contributed by atoms with Gasteiger partial charge in [-0.1, -0.05) is 184 Å². The lowest BCUT2D eigenvalue weighted by Gasteiger charge is -2.21. The van der Waals surface area contributed by atoms with Crippen LogP contribution >= 0.6 is 0 Å². The van der Waals surface area contributed by atoms with Gasteiger partial charge < -0.3 is 4.57 Å². The van der Waals surface area contributed by atoms with Crippen molar-refractivity contribution in [1.29, 1.82) is 0 Å². The molecule has 1 aromatic heterocycles. The molecule has 0 N–H and O–H groups in total. The van der Waals surface area contributed by atoms with Gasteiger partial charge in [-0.3, -0.25) is 0 Å². The average molecular weight is 726 g/mol. The van der Waals surface area contributed by atoms with E-state index in [-0.39, 0.29) is 11.3 Å². The Morgan fingerprint density at radius 2 is 1.09 bits per heavy atom. The molecule has 2 aliphatic carbocycles. The summed E-state index contributed by atoms with van der Waals surface area (Å²) < 4.78 is 2.56. The number of fused-ring (bicyclic) bond motifs is 11. The SMILES string of the molecule is CC1(C)c2ccccc2-c2c1ccc1c3cc(-c4ccc5c(c4)-c4ccccc4C5c4ccc(-c5ccccc5)cc4)ccc3n(-c3cccc4ccccc34)c21. The first-order valence-electron chi connectivity index (χ1n) is 20.1. The van der Waals surface area contributed by atoms with E-state index in [9.17, 15) is 0 Å². The minimum absolute atomic E-state index is 0.0895. The Bertz CT molecular complexity index is 3250. The molecule has 0 aliphatic heterocycles. The minimum Gasteiger partial charge on any atom is -0.308 e. The zero-order valence-corrected chi connectivity index (χ0v) is 32.0. The molecule has 2 aliphatic rings. The van der Waals surface area contributed by atoms with E-state index < -0.39 is 0 Å². The van der Waals surface area contributed by atoms with Gasteiger partial charge >= 0.3 is 0 Å². The van der Waals surface area contributed by atoms with Crippen molar-refractivity contribution in [3.63, 3.8) is 0 Å². The van der Waals surface area contributed by atoms with Crippen molar-refractivity contribution in [2.24, 2.45) is 0 Å². The largest absolute Gasteiger partial charge is 0.308 e. The summed E-state index contributed by atoms with van der Waals surface area (Å²) >= 11 is 0. The van der Waals surface area contributed by atoms with Crippen LogP contribution < -0.4 is 0 Å². The van der Waals surface area contributed by atoms with Crippen LogP contribution in [0.25, 0.3) is 82.8 Å². The zero-order chi connectivity index (χ0) is 37.8. The van der Waals surface area contributed by atoms with Gasteiger partial charge in [0.1, 0.15) is 0 Å². The summed E-state index contributed by atoms with van der Waals surface area (Å²) in [6.07, 6.45) is 0. The van der Waals surface area contributed by atoms with Crippen LogP contribution in [0.3, 0.4) is 0 Å². The van der Waals surface area contributed by atoms with E-state index in [2.05, 4.69) is 213 Å². The van der Waals surface area contributed by atoms with E-state index >= 15 is 0 Å². The highest BCUT2D eigenvalue weighted by Crippen LogP contribution is 2.54. The molecule has 1 atom stereocenters. The maximum Gasteiger partial charge on any atom is 0.0622 e. The standard InChI is InChI=1S/C56H39N/c1-56(2)49-21-11-10-20-46(49)54-50(56)31-30-45-48-34-40(28-32-52(48)57(55(45)54)51-22-12-16-37-15-6-7-17-41(37)51)39-27-29-44-47(33-39)42-18-8-9-19-43(42)53(44)38-25-23-36(24-26-38)35-13-4-3-5-14-35/h3-34,53H,1-2H3. The Kier molecular flexibility index (Phi) is 6.81. The highest BCUT2D eigenvalue weighted by Gasteiger charge is 2.38. The second-order valence-electron chi connectivity index (χ2n) is 16.4. The summed E-state index contributed by atoms with van der Waals surface area (Å²) in [5.41, 5.74) is 20.8. The normalized spacial score (nSPS) is 14.8. The number of hydrogen-bond acceptors (Lipinski definition) is 0. The lowest BCUT2D eigenvalue weighted by Crippen LogP contribution is -2.14. The number of rotatable bonds is 4. The topological polar surface area (TPSA) is 4.93 Å². The van der Waals surface area contributed by atoms with Crippen LogP contribution in [0.15, 0.2) is 194 Å². The summed E-state index contributed by atoms with van der Waals surface area (Å²) in [5.74, 6) is 0.199. The average Bonchev–Trinajstić information content (AvgIpc) is 3.86. The molecule has 9 aromatic carbocycles. The first-order chi connectivity index (χ1) is 28.0. The van der Waals surface area contributed by atoms with Crippen LogP contribution in [0.1, 0.15) is 47.6 Å². The van der Waals surface area contributed by atoms with Crippen molar-refractivity contribution in [1.82, 2.24) is 4.57 Å². The molecular formula is C56H39N. The Hall–Kier alpha value is -6.96. The van der Waals surface area contributed by atoms with E-state index in [1.165, 1.54) is 111 Å². The molecule has 0 fully saturated rings. The van der Waals surface area contributed by atoms with Gasteiger partial charge in [0.25, 0.3) is 0 Å². The van der Waals surface area contributed by atoms with Crippen LogP contribution in [0.4, 0.5) is 0 Å². The molecule has 0 spiro atoms. The predicted molar refractivity (Wildman–Crippen MR) is 240 cm³/mol. The fourth-order valence-electron chi connectivity index (χ4n) is 10.4. The van der Waals surface area contributed by atoms with Gasteiger partial charge in [-0.2, -0.15) is 0 Å². The van der Waals surface area contributed by atoms with Gasteiger partial charge in [-0.15, -0.1) is 0 Å². The zero-order valence-electron chi connectivity index (χ0n) is 32.0. The van der Waals surface area contributed by atoms with Crippen LogP contribution in [-0.2, 0) is 5.41 Å². The van der Waals surface area contributed by atoms with E-state index in [1.807, 2.05) is 0 Å². The quantitative estimate of drug-likeness (QED) is 0.170. The van der Waals surface area contributed by atoms with Crippen LogP contribution in [0, 0.1) is 0 Å². The highest BCUT2D eigenvalue weighted by atomic mass is 15.0. The van der Waals surface area contributed by atoms with Crippen molar-refractivity contribution < 1.29 is 0 Å². The molecule has 0 saturated heterocycles. The molecule has 1 unspecified atom stereocenters. The molecule has 0 amide bonds. The van der Waals surface area contributed by atoms with Gasteiger partial charge in [-0.05, 0) is 96.4 Å². The van der Waals surface area contributed by atoms with Crippen molar-refractivity contribution in [2.45, 2.75) is 25.2 Å². The molecule has 268 valence electrons. The Balaban J connectivity index is 1.05. The molecule has 1 nitrogen and oxygen atoms in total. The molecule has 10 aromatic rings. The minimum atomic E-state index is -0.0895. The first-order valence-corrected chi connectivity index (χ1v) is 20.1. The van der Waals surface area contributed by atoms with Gasteiger partial charge in [0.2, 0.25) is 0 Å². The molecule has 0 saturated carbocycles. The van der Waals surface area contributed by atoms with Crippen LogP contribution in [0.2, 0.25) is 0 Å². The van der Waals surface area contributed by atoms with Gasteiger partial charge in [0, 0.05) is 33.1 Å². The van der Waals surface area contributed by atoms with Gasteiger partial charge in [0.05, 0.1) is 16.7 Å². The second-order valence-corrected chi connectivity index (χ2v) is 16.4. The molecular weight excluding hydrogens is 687 g/mol. The molecule has 0 bridgehead atoms. The number of hydrogen-bond donors (Lipinski definition) is 0. The lowest BCUT2D eigenvalue weighted by atomic mass is 9.82. The number of nitrogens with zero attached hydrogens (tertiary/aromatic N) is 1. The maximum absolute atomic E-state index is 2.56. The molecule has 12 rings (SSSR count). The number of benzene rings is 9. The molecule has 1 heteroatoms. The fraction of sp³-hybridized carbons (Fsp3) is 0.0714. The molecule has 0 radical (unpaired) electrons. The van der Waals surface area contributed by atoms with Crippen molar-refractivity contribution in [3.05, 3.63) is 222 Å². The smallest absolute Gasteiger partial charge is 0.0622 e. The second kappa shape index (κ2) is 12.0. The summed E-state index contributed by atoms with van der Waals surface area (Å²) in [5, 5.41) is 5.07. The summed E-state index contributed by atoms with van der Waals surface area (Å²) in [4.78, 5) is 0.